The van der Waals surface area contributed by atoms with Gasteiger partial charge in [0, 0.05) is 50.4 Å². The summed E-state index contributed by atoms with van der Waals surface area (Å²) < 4.78 is 0. The van der Waals surface area contributed by atoms with Crippen molar-refractivity contribution in [3.05, 3.63) is 35.5 Å². The molecule has 1 aliphatic carbocycles. The summed E-state index contributed by atoms with van der Waals surface area (Å²) in [5, 5.41) is 7.57. The molecule has 1 saturated heterocycles. The first-order chi connectivity index (χ1) is 15.5. The smallest absolute Gasteiger partial charge is 0.219 e. The third kappa shape index (κ3) is 5.90. The Bertz CT molecular complexity index is 930. The fraction of sp³-hybridized carbons (Fsp3) is 0.542. The van der Waals surface area contributed by atoms with Crippen LogP contribution >= 0.6 is 11.6 Å². The minimum Gasteiger partial charge on any atom is -0.370 e. The summed E-state index contributed by atoms with van der Waals surface area (Å²) in [5.41, 5.74) is 7.70. The van der Waals surface area contributed by atoms with E-state index in [0.29, 0.717) is 23.0 Å². The largest absolute Gasteiger partial charge is 0.370 e. The summed E-state index contributed by atoms with van der Waals surface area (Å²) in [7, 11) is 0. The molecule has 4 N–H and O–H groups in total. The molecule has 1 aliphatic heterocycles. The third-order valence-corrected chi connectivity index (χ3v) is 6.84. The first-order valence-corrected chi connectivity index (χ1v) is 12.0. The second-order valence-corrected chi connectivity index (χ2v) is 9.47. The molecule has 2 aromatic heterocycles. The molecule has 172 valence electrons. The van der Waals surface area contributed by atoms with Crippen molar-refractivity contribution in [2.45, 2.75) is 57.5 Å². The Balaban J connectivity index is 1.41. The molecule has 0 bridgehead atoms. The molecular formula is C24H33ClN6O. The van der Waals surface area contributed by atoms with E-state index in [1.54, 1.807) is 13.1 Å². The average molecular weight is 457 g/mol. The first-order valence-electron chi connectivity index (χ1n) is 11.6. The van der Waals surface area contributed by atoms with E-state index in [4.69, 9.17) is 22.3 Å². The molecule has 2 aliphatic rings. The maximum atomic E-state index is 11.7. The highest BCUT2D eigenvalue weighted by atomic mass is 35.5. The van der Waals surface area contributed by atoms with Gasteiger partial charge in [-0.2, -0.15) is 0 Å². The molecule has 7 nitrogen and oxygen atoms in total. The zero-order valence-corrected chi connectivity index (χ0v) is 19.4. The molecule has 2 fully saturated rings. The Morgan fingerprint density at radius 2 is 2.03 bits per heavy atom. The Hall–Kier alpha value is -2.38. The Labute approximate surface area is 195 Å². The quantitative estimate of drug-likeness (QED) is 0.604. The fourth-order valence-electron chi connectivity index (χ4n) is 4.64. The van der Waals surface area contributed by atoms with E-state index >= 15 is 0 Å². The molecule has 2 aromatic rings. The number of hydrogen-bond acceptors (Lipinski definition) is 6. The second-order valence-electron chi connectivity index (χ2n) is 9.07. The number of carbonyl (C=O) groups is 1. The van der Waals surface area contributed by atoms with Crippen LogP contribution in [0.3, 0.4) is 0 Å². The second kappa shape index (κ2) is 10.5. The number of piperidine rings is 1. The molecule has 0 unspecified atom stereocenters. The van der Waals surface area contributed by atoms with E-state index in [1.165, 1.54) is 0 Å². The fourth-order valence-corrected chi connectivity index (χ4v) is 4.84. The number of nitrogens with one attached hydrogen (secondary N) is 2. The van der Waals surface area contributed by atoms with E-state index < -0.39 is 0 Å². The number of amides is 1. The van der Waals surface area contributed by atoms with E-state index in [1.807, 2.05) is 29.2 Å². The zero-order valence-electron chi connectivity index (χ0n) is 18.7. The van der Waals surface area contributed by atoms with Crippen molar-refractivity contribution in [2.75, 3.05) is 30.3 Å². The Morgan fingerprint density at radius 1 is 1.22 bits per heavy atom. The molecule has 0 spiro atoms. The molecule has 32 heavy (non-hydrogen) atoms. The highest BCUT2D eigenvalue weighted by Crippen LogP contribution is 2.30. The van der Waals surface area contributed by atoms with Crippen LogP contribution in [0.2, 0.25) is 5.02 Å². The average Bonchev–Trinajstić information content (AvgIpc) is 2.81. The highest BCUT2D eigenvalue weighted by Gasteiger charge is 2.22. The van der Waals surface area contributed by atoms with Crippen LogP contribution in [0.15, 0.2) is 30.5 Å². The van der Waals surface area contributed by atoms with E-state index in [2.05, 4.69) is 15.6 Å². The molecule has 0 radical (unpaired) electrons. The number of anilines is 2. The van der Waals surface area contributed by atoms with Crippen LogP contribution in [-0.4, -0.2) is 52.5 Å². The molecule has 4 rings (SSSR count). The number of pyridine rings is 2. The maximum Gasteiger partial charge on any atom is 0.219 e. The predicted molar refractivity (Wildman–Crippen MR) is 130 cm³/mol. The van der Waals surface area contributed by atoms with Gasteiger partial charge in [0.05, 0.1) is 10.7 Å². The van der Waals surface area contributed by atoms with Gasteiger partial charge in [0.2, 0.25) is 5.91 Å². The lowest BCUT2D eigenvalue weighted by atomic mass is 9.92. The van der Waals surface area contributed by atoms with Crippen LogP contribution < -0.4 is 16.4 Å². The van der Waals surface area contributed by atoms with Gasteiger partial charge >= 0.3 is 0 Å². The summed E-state index contributed by atoms with van der Waals surface area (Å²) in [6.45, 7) is 4.11. The SMILES string of the molecule is CC(=O)N1CCC[C@H](CNc2cccc(-c3cc(N[C@H]4CC[C@H](N)CC4)ncc3Cl)n2)C1. The van der Waals surface area contributed by atoms with E-state index in [0.717, 1.165) is 81.1 Å². The molecule has 3 heterocycles. The summed E-state index contributed by atoms with van der Waals surface area (Å²) in [4.78, 5) is 22.9. The van der Waals surface area contributed by atoms with Gasteiger partial charge in [-0.1, -0.05) is 17.7 Å². The van der Waals surface area contributed by atoms with Gasteiger partial charge in [0.15, 0.2) is 0 Å². The van der Waals surface area contributed by atoms with Gasteiger partial charge in [-0.15, -0.1) is 0 Å². The molecule has 8 heteroatoms. The zero-order chi connectivity index (χ0) is 22.5. The van der Waals surface area contributed by atoms with Crippen molar-refractivity contribution in [1.29, 1.82) is 0 Å². The number of rotatable bonds is 6. The van der Waals surface area contributed by atoms with Gasteiger partial charge < -0.3 is 21.3 Å². The number of aromatic nitrogens is 2. The van der Waals surface area contributed by atoms with Gasteiger partial charge in [0.25, 0.3) is 0 Å². The lowest BCUT2D eigenvalue weighted by Crippen LogP contribution is -2.40. The first kappa shape index (κ1) is 22.8. The summed E-state index contributed by atoms with van der Waals surface area (Å²) in [6, 6.07) is 8.61. The number of halogens is 1. The third-order valence-electron chi connectivity index (χ3n) is 6.54. The lowest BCUT2D eigenvalue weighted by molar-refractivity contribution is -0.130. The van der Waals surface area contributed by atoms with Crippen LogP contribution in [-0.2, 0) is 4.79 Å². The van der Waals surface area contributed by atoms with Crippen LogP contribution in [0.5, 0.6) is 0 Å². The van der Waals surface area contributed by atoms with Crippen LogP contribution in [0, 0.1) is 5.92 Å². The minimum absolute atomic E-state index is 0.155. The van der Waals surface area contributed by atoms with Crippen LogP contribution in [0.1, 0.15) is 45.4 Å². The standard InChI is InChI=1S/C24H33ClN6O/c1-16(32)31-11-3-4-17(15-31)13-27-23-6-2-5-22(30-23)20-12-24(28-14-21(20)25)29-19-9-7-18(26)8-10-19/h2,5-6,12,14,17-19H,3-4,7-11,13,15,26H2,1H3,(H,27,30)(H,28,29)/t17-,18-,19-/m1/s1. The number of nitrogens with zero attached hydrogens (tertiary/aromatic N) is 3. The number of likely N-dealkylation sites (tertiary alicyclic amines) is 1. The van der Waals surface area contributed by atoms with E-state index in [9.17, 15) is 4.79 Å². The highest BCUT2D eigenvalue weighted by molar-refractivity contribution is 6.33. The molecular weight excluding hydrogens is 424 g/mol. The summed E-state index contributed by atoms with van der Waals surface area (Å²) in [6.07, 6.45) is 8.05. The van der Waals surface area contributed by atoms with Crippen LogP contribution in [0.4, 0.5) is 11.6 Å². The minimum atomic E-state index is 0.155. The predicted octanol–water partition coefficient (Wildman–Crippen LogP) is 4.15. The summed E-state index contributed by atoms with van der Waals surface area (Å²) in [5.74, 6) is 2.22. The molecule has 1 saturated carbocycles. The number of carbonyl (C=O) groups excluding carboxylic acids is 1. The molecule has 1 atom stereocenters. The van der Waals surface area contributed by atoms with Gasteiger partial charge in [0.1, 0.15) is 11.6 Å². The molecule has 0 aromatic carbocycles. The molecule has 1 amide bonds. The Kier molecular flexibility index (Phi) is 7.48. The number of hydrogen-bond donors (Lipinski definition) is 3. The van der Waals surface area contributed by atoms with Crippen molar-refractivity contribution >= 4 is 29.1 Å². The lowest BCUT2D eigenvalue weighted by Gasteiger charge is -2.32. The number of nitrogens with two attached hydrogens (primary N) is 1. The van der Waals surface area contributed by atoms with Gasteiger partial charge in [-0.25, -0.2) is 9.97 Å². The Morgan fingerprint density at radius 3 is 2.81 bits per heavy atom. The van der Waals surface area contributed by atoms with Crippen molar-refractivity contribution in [1.82, 2.24) is 14.9 Å². The normalized spacial score (nSPS) is 23.6. The maximum absolute atomic E-state index is 11.7. The van der Waals surface area contributed by atoms with Gasteiger partial charge in [-0.05, 0) is 62.6 Å². The monoisotopic (exact) mass is 456 g/mol. The van der Waals surface area contributed by atoms with E-state index in [-0.39, 0.29) is 5.91 Å². The summed E-state index contributed by atoms with van der Waals surface area (Å²) >= 11 is 6.48. The van der Waals surface area contributed by atoms with Crippen molar-refractivity contribution < 1.29 is 4.79 Å². The topological polar surface area (TPSA) is 96.2 Å². The van der Waals surface area contributed by atoms with Crippen molar-refractivity contribution in [2.24, 2.45) is 11.7 Å². The van der Waals surface area contributed by atoms with Crippen molar-refractivity contribution in [3.8, 4) is 11.3 Å². The van der Waals surface area contributed by atoms with Gasteiger partial charge in [-0.3, -0.25) is 4.79 Å². The van der Waals surface area contributed by atoms with Crippen LogP contribution in [0.25, 0.3) is 11.3 Å². The van der Waals surface area contributed by atoms with Crippen molar-refractivity contribution in [3.63, 3.8) is 0 Å².